The second-order valence-corrected chi connectivity index (χ2v) is 3.53. The van der Waals surface area contributed by atoms with Crippen LogP contribution in [0.3, 0.4) is 0 Å². The van der Waals surface area contributed by atoms with Gasteiger partial charge in [0.15, 0.2) is 0 Å². The van der Waals surface area contributed by atoms with Crippen LogP contribution in [0.4, 0.5) is 0 Å². The molecular weight excluding hydrogens is 210 g/mol. The number of carbonyl (C=O) groups is 1. The van der Waals surface area contributed by atoms with Crippen molar-refractivity contribution in [2.24, 2.45) is 0 Å². The van der Waals surface area contributed by atoms with E-state index in [1.807, 2.05) is 0 Å². The van der Waals surface area contributed by atoms with Gasteiger partial charge in [-0.15, -0.1) is 0 Å². The van der Waals surface area contributed by atoms with E-state index < -0.39 is 5.97 Å². The van der Waals surface area contributed by atoms with Crippen molar-refractivity contribution in [3.05, 3.63) is 22.5 Å². The Morgan fingerprint density at radius 1 is 1.44 bits per heavy atom. The predicted molar refractivity (Wildman–Crippen MR) is 56.8 cm³/mol. The number of rotatable bonds is 3. The highest BCUT2D eigenvalue weighted by molar-refractivity contribution is 5.66. The molecule has 0 amide bonds. The Kier molecular flexibility index (Phi) is 3.84. The summed E-state index contributed by atoms with van der Waals surface area (Å²) in [6.45, 7) is 4.41. The average molecular weight is 225 g/mol. The molecule has 0 aliphatic rings. The molecule has 0 fully saturated rings. The van der Waals surface area contributed by atoms with Crippen LogP contribution in [0.2, 0.25) is 0 Å². The van der Waals surface area contributed by atoms with Crippen LogP contribution in [0.25, 0.3) is 0 Å². The SMILES string of the molecule is CC(=O)OCc1c(CO)nc(C)c(O)c1C. The molecule has 0 atom stereocenters. The minimum absolute atomic E-state index is 0.0118. The summed E-state index contributed by atoms with van der Waals surface area (Å²) in [7, 11) is 0. The molecule has 1 aromatic rings. The number of aromatic hydroxyl groups is 1. The third-order valence-electron chi connectivity index (χ3n) is 2.37. The van der Waals surface area contributed by atoms with Crippen molar-refractivity contribution >= 4 is 5.97 Å². The quantitative estimate of drug-likeness (QED) is 0.749. The molecular formula is C11H15NO4. The summed E-state index contributed by atoms with van der Waals surface area (Å²) in [6.07, 6.45) is 0. The van der Waals surface area contributed by atoms with Gasteiger partial charge in [0, 0.05) is 18.1 Å². The van der Waals surface area contributed by atoms with Crippen molar-refractivity contribution in [2.75, 3.05) is 0 Å². The van der Waals surface area contributed by atoms with E-state index in [0.29, 0.717) is 22.5 Å². The van der Waals surface area contributed by atoms with E-state index in [1.165, 1.54) is 6.92 Å². The Balaban J connectivity index is 3.14. The van der Waals surface area contributed by atoms with Gasteiger partial charge < -0.3 is 14.9 Å². The predicted octanol–water partition coefficient (Wildman–Crippen LogP) is 0.959. The van der Waals surface area contributed by atoms with E-state index >= 15 is 0 Å². The smallest absolute Gasteiger partial charge is 0.302 e. The number of hydrogen-bond acceptors (Lipinski definition) is 5. The Bertz CT molecular complexity index is 415. The monoisotopic (exact) mass is 225 g/mol. The van der Waals surface area contributed by atoms with Crippen LogP contribution in [0.5, 0.6) is 5.75 Å². The third kappa shape index (κ3) is 2.49. The molecule has 1 heterocycles. The number of esters is 1. The van der Waals surface area contributed by atoms with Gasteiger partial charge in [-0.3, -0.25) is 9.78 Å². The summed E-state index contributed by atoms with van der Waals surface area (Å²) in [5, 5.41) is 18.8. The second-order valence-electron chi connectivity index (χ2n) is 3.53. The molecule has 0 radical (unpaired) electrons. The van der Waals surface area contributed by atoms with Crippen molar-refractivity contribution in [3.8, 4) is 5.75 Å². The van der Waals surface area contributed by atoms with Crippen molar-refractivity contribution in [3.63, 3.8) is 0 Å². The normalized spacial score (nSPS) is 10.2. The fourth-order valence-electron chi connectivity index (χ4n) is 1.45. The maximum atomic E-state index is 10.7. The van der Waals surface area contributed by atoms with Gasteiger partial charge in [0.25, 0.3) is 0 Å². The molecule has 0 aromatic carbocycles. The highest BCUT2D eigenvalue weighted by Gasteiger charge is 2.14. The zero-order valence-corrected chi connectivity index (χ0v) is 9.57. The van der Waals surface area contributed by atoms with Gasteiger partial charge in [-0.2, -0.15) is 0 Å². The van der Waals surface area contributed by atoms with Crippen molar-refractivity contribution in [2.45, 2.75) is 34.0 Å². The largest absolute Gasteiger partial charge is 0.506 e. The minimum atomic E-state index is -0.414. The number of aromatic nitrogens is 1. The molecule has 0 aliphatic heterocycles. The highest BCUT2D eigenvalue weighted by atomic mass is 16.5. The topological polar surface area (TPSA) is 79.7 Å². The number of hydrogen-bond donors (Lipinski definition) is 2. The maximum Gasteiger partial charge on any atom is 0.302 e. The van der Waals surface area contributed by atoms with E-state index in [0.717, 1.165) is 0 Å². The standard InChI is InChI=1S/C11H15NO4/c1-6-9(5-16-8(3)14)10(4-13)12-7(2)11(6)15/h13,15H,4-5H2,1-3H3. The molecule has 5 heteroatoms. The lowest BCUT2D eigenvalue weighted by Gasteiger charge is -2.13. The summed E-state index contributed by atoms with van der Waals surface area (Å²) < 4.78 is 4.84. The van der Waals surface area contributed by atoms with Gasteiger partial charge in [0.05, 0.1) is 18.0 Å². The second kappa shape index (κ2) is 4.94. The van der Waals surface area contributed by atoms with E-state index in [-0.39, 0.29) is 19.0 Å². The number of carbonyl (C=O) groups excluding carboxylic acids is 1. The first-order valence-corrected chi connectivity index (χ1v) is 4.89. The fourth-order valence-corrected chi connectivity index (χ4v) is 1.45. The number of ether oxygens (including phenoxy) is 1. The van der Waals surface area contributed by atoms with E-state index in [2.05, 4.69) is 4.98 Å². The van der Waals surface area contributed by atoms with E-state index in [9.17, 15) is 9.90 Å². The molecule has 0 aliphatic carbocycles. The molecule has 5 nitrogen and oxygen atoms in total. The van der Waals surface area contributed by atoms with Gasteiger partial charge in [-0.05, 0) is 13.8 Å². The fraction of sp³-hybridized carbons (Fsp3) is 0.455. The summed E-state index contributed by atoms with van der Waals surface area (Å²) in [4.78, 5) is 14.8. The van der Waals surface area contributed by atoms with Crippen LogP contribution < -0.4 is 0 Å². The number of aliphatic hydroxyl groups excluding tert-OH is 1. The molecule has 2 N–H and O–H groups in total. The van der Waals surface area contributed by atoms with Crippen LogP contribution in [-0.2, 0) is 22.7 Å². The number of pyridine rings is 1. The first kappa shape index (κ1) is 12.4. The maximum absolute atomic E-state index is 10.7. The molecule has 0 saturated heterocycles. The third-order valence-corrected chi connectivity index (χ3v) is 2.37. The summed E-state index contributed by atoms with van der Waals surface area (Å²) in [5.74, 6) is -0.345. The van der Waals surface area contributed by atoms with Crippen LogP contribution >= 0.6 is 0 Å². The molecule has 16 heavy (non-hydrogen) atoms. The van der Waals surface area contributed by atoms with Crippen LogP contribution in [0.1, 0.15) is 29.4 Å². The van der Waals surface area contributed by atoms with Gasteiger partial charge >= 0.3 is 5.97 Å². The Morgan fingerprint density at radius 3 is 2.56 bits per heavy atom. The average Bonchev–Trinajstić information content (AvgIpc) is 2.23. The lowest BCUT2D eigenvalue weighted by atomic mass is 10.1. The van der Waals surface area contributed by atoms with Crippen LogP contribution in [0.15, 0.2) is 0 Å². The van der Waals surface area contributed by atoms with Crippen LogP contribution in [0, 0.1) is 13.8 Å². The lowest BCUT2D eigenvalue weighted by molar-refractivity contribution is -0.142. The molecule has 0 bridgehead atoms. The van der Waals surface area contributed by atoms with Crippen molar-refractivity contribution < 1.29 is 19.7 Å². The zero-order valence-electron chi connectivity index (χ0n) is 9.57. The minimum Gasteiger partial charge on any atom is -0.506 e. The van der Waals surface area contributed by atoms with Crippen molar-refractivity contribution in [1.29, 1.82) is 0 Å². The number of aliphatic hydroxyl groups is 1. The zero-order chi connectivity index (χ0) is 12.3. The number of aryl methyl sites for hydroxylation is 1. The molecule has 0 spiro atoms. The lowest BCUT2D eigenvalue weighted by Crippen LogP contribution is -2.07. The summed E-state index contributed by atoms with van der Waals surface area (Å²) >= 11 is 0. The Morgan fingerprint density at radius 2 is 2.06 bits per heavy atom. The molecule has 1 aromatic heterocycles. The molecule has 1 rings (SSSR count). The summed E-state index contributed by atoms with van der Waals surface area (Å²) in [6, 6.07) is 0. The number of nitrogens with zero attached hydrogens (tertiary/aromatic N) is 1. The Labute approximate surface area is 93.7 Å². The summed E-state index contributed by atoms with van der Waals surface area (Å²) in [5.41, 5.74) is 2.01. The van der Waals surface area contributed by atoms with Gasteiger partial charge in [-0.1, -0.05) is 0 Å². The van der Waals surface area contributed by atoms with Gasteiger partial charge in [0.2, 0.25) is 0 Å². The molecule has 0 saturated carbocycles. The van der Waals surface area contributed by atoms with Crippen LogP contribution in [-0.4, -0.2) is 21.2 Å². The molecule has 88 valence electrons. The first-order valence-electron chi connectivity index (χ1n) is 4.89. The first-order chi connectivity index (χ1) is 7.47. The van der Waals surface area contributed by atoms with Crippen molar-refractivity contribution in [1.82, 2.24) is 4.98 Å². The Hall–Kier alpha value is -1.62. The van der Waals surface area contributed by atoms with Gasteiger partial charge in [-0.25, -0.2) is 0 Å². The molecule has 0 unspecified atom stereocenters. The van der Waals surface area contributed by atoms with E-state index in [4.69, 9.17) is 9.84 Å². The van der Waals surface area contributed by atoms with E-state index in [1.54, 1.807) is 13.8 Å². The van der Waals surface area contributed by atoms with Gasteiger partial charge in [0.1, 0.15) is 12.4 Å². The highest BCUT2D eigenvalue weighted by Crippen LogP contribution is 2.26.